The lowest BCUT2D eigenvalue weighted by molar-refractivity contribution is -0.161. The minimum Gasteiger partial charge on any atom is -0.477 e. The van der Waals surface area contributed by atoms with Crippen molar-refractivity contribution in [3.8, 4) is 0 Å². The number of carboxylic acid groups (broad SMARTS) is 1. The average Bonchev–Trinajstić information content (AvgIpc) is 2.64. The maximum atomic E-state index is 11.9. The Labute approximate surface area is 115 Å². The van der Waals surface area contributed by atoms with Crippen LogP contribution in [0.25, 0.3) is 0 Å². The van der Waals surface area contributed by atoms with E-state index in [0.717, 1.165) is 0 Å². The number of aliphatic carboxylic acids is 1. The van der Waals surface area contributed by atoms with Gasteiger partial charge in [0.2, 0.25) is 5.91 Å². The number of carboxylic acids is 1. The fraction of sp³-hybridized carbons (Fsp3) is 0.583. The minimum absolute atomic E-state index is 0.0703. The number of nitrogens with zero attached hydrogens (tertiary/aromatic N) is 2. The number of carbonyl (C=O) groups is 2. The van der Waals surface area contributed by atoms with Crippen molar-refractivity contribution in [3.63, 3.8) is 0 Å². The lowest BCUT2D eigenvalue weighted by Crippen LogP contribution is -2.61. The Morgan fingerprint density at radius 1 is 1.68 bits per heavy atom. The number of hydrogen-bond donors (Lipinski definition) is 2. The van der Waals surface area contributed by atoms with Gasteiger partial charge < -0.3 is 20.1 Å². The summed E-state index contributed by atoms with van der Waals surface area (Å²) in [5.41, 5.74) is 0.0703. The van der Waals surface area contributed by atoms with Crippen molar-refractivity contribution in [2.75, 3.05) is 12.3 Å². The molecule has 6 nitrogen and oxygen atoms in total. The SMILES string of the molecule is C=NCCSC1=C(C(=O)O)N2C(=O)[C@H]([C@@H](C)O)[C@H]2C1. The van der Waals surface area contributed by atoms with Gasteiger partial charge in [0.25, 0.3) is 0 Å². The summed E-state index contributed by atoms with van der Waals surface area (Å²) in [5, 5.41) is 18.8. The number of fused-ring (bicyclic) bond motifs is 1. The van der Waals surface area contributed by atoms with Gasteiger partial charge in [0, 0.05) is 23.6 Å². The summed E-state index contributed by atoms with van der Waals surface area (Å²) in [6, 6.07) is -0.210. The van der Waals surface area contributed by atoms with Crippen LogP contribution in [0.1, 0.15) is 13.3 Å². The van der Waals surface area contributed by atoms with E-state index in [4.69, 9.17) is 0 Å². The standard InChI is InChI=1S/C12H16N2O4S/c1-6(15)9-7-5-8(19-4-3-13-2)10(12(17)18)14(7)11(9)16/h6-7,9,15H,2-5H2,1H3,(H,17,18)/t6-,7-,9-/m1/s1. The molecule has 0 aromatic heterocycles. The summed E-state index contributed by atoms with van der Waals surface area (Å²) in [6.45, 7) is 5.48. The van der Waals surface area contributed by atoms with Crippen molar-refractivity contribution in [2.24, 2.45) is 10.9 Å². The molecule has 2 N–H and O–H groups in total. The second kappa shape index (κ2) is 5.34. The summed E-state index contributed by atoms with van der Waals surface area (Å²) in [4.78, 5) is 28.9. The van der Waals surface area contributed by atoms with Gasteiger partial charge in [-0.1, -0.05) is 0 Å². The molecule has 0 aromatic carbocycles. The molecule has 0 aromatic rings. The lowest BCUT2D eigenvalue weighted by atomic mass is 9.83. The zero-order valence-electron chi connectivity index (χ0n) is 10.6. The van der Waals surface area contributed by atoms with E-state index in [1.54, 1.807) is 6.92 Å². The Hall–Kier alpha value is -1.34. The number of aliphatic hydroxyl groups excluding tert-OH is 1. The van der Waals surface area contributed by atoms with Crippen LogP contribution in [0, 0.1) is 5.92 Å². The normalized spacial score (nSPS) is 27.1. The summed E-state index contributed by atoms with van der Waals surface area (Å²) >= 11 is 1.40. The topological polar surface area (TPSA) is 90.2 Å². The smallest absolute Gasteiger partial charge is 0.353 e. The number of carbonyl (C=O) groups excluding carboxylic acids is 1. The van der Waals surface area contributed by atoms with Crippen molar-refractivity contribution >= 4 is 30.4 Å². The molecule has 0 unspecified atom stereocenters. The van der Waals surface area contributed by atoms with Crippen LogP contribution in [-0.4, -0.2) is 58.2 Å². The second-order valence-corrected chi connectivity index (χ2v) is 5.81. The quantitative estimate of drug-likeness (QED) is 0.417. The van der Waals surface area contributed by atoms with Gasteiger partial charge in [0.15, 0.2) is 0 Å². The van der Waals surface area contributed by atoms with Gasteiger partial charge in [0.05, 0.1) is 18.1 Å². The highest BCUT2D eigenvalue weighted by atomic mass is 32.2. The Balaban J connectivity index is 2.16. The van der Waals surface area contributed by atoms with Gasteiger partial charge in [-0.2, -0.15) is 0 Å². The molecule has 7 heteroatoms. The van der Waals surface area contributed by atoms with E-state index >= 15 is 0 Å². The van der Waals surface area contributed by atoms with E-state index in [1.807, 2.05) is 0 Å². The van der Waals surface area contributed by atoms with Gasteiger partial charge in [-0.05, 0) is 13.6 Å². The van der Waals surface area contributed by atoms with E-state index in [2.05, 4.69) is 11.7 Å². The van der Waals surface area contributed by atoms with Crippen molar-refractivity contribution in [1.82, 2.24) is 4.90 Å². The molecule has 0 bridgehead atoms. The molecule has 1 fully saturated rings. The van der Waals surface area contributed by atoms with Crippen molar-refractivity contribution in [3.05, 3.63) is 10.6 Å². The number of β-lactam (4-membered cyclic amide) rings is 1. The van der Waals surface area contributed by atoms with Crippen LogP contribution in [0.5, 0.6) is 0 Å². The summed E-state index contributed by atoms with van der Waals surface area (Å²) in [6.07, 6.45) is -0.243. The van der Waals surface area contributed by atoms with Gasteiger partial charge in [-0.3, -0.25) is 4.79 Å². The van der Waals surface area contributed by atoms with Crippen LogP contribution in [-0.2, 0) is 9.59 Å². The summed E-state index contributed by atoms with van der Waals surface area (Å²) in [7, 11) is 0. The molecule has 2 aliphatic rings. The third-order valence-electron chi connectivity index (χ3n) is 3.42. The van der Waals surface area contributed by atoms with Crippen LogP contribution >= 0.6 is 11.8 Å². The first kappa shape index (κ1) is 14.1. The van der Waals surface area contributed by atoms with Crippen molar-refractivity contribution in [1.29, 1.82) is 0 Å². The largest absolute Gasteiger partial charge is 0.477 e. The molecule has 1 amide bonds. The molecule has 19 heavy (non-hydrogen) atoms. The third-order valence-corrected chi connectivity index (χ3v) is 4.51. The Bertz CT molecular complexity index is 461. The van der Waals surface area contributed by atoms with Crippen LogP contribution in [0.2, 0.25) is 0 Å². The van der Waals surface area contributed by atoms with E-state index in [-0.39, 0.29) is 17.6 Å². The van der Waals surface area contributed by atoms with Crippen molar-refractivity contribution < 1.29 is 19.8 Å². The molecule has 0 radical (unpaired) electrons. The number of thioether (sulfide) groups is 1. The predicted octanol–water partition coefficient (Wildman–Crippen LogP) is 0.328. The summed E-state index contributed by atoms with van der Waals surface area (Å²) < 4.78 is 0. The summed E-state index contributed by atoms with van der Waals surface area (Å²) in [5.74, 6) is -1.22. The molecule has 104 valence electrons. The fourth-order valence-electron chi connectivity index (χ4n) is 2.59. The van der Waals surface area contributed by atoms with E-state index in [9.17, 15) is 19.8 Å². The zero-order chi connectivity index (χ0) is 14.2. The number of amides is 1. The van der Waals surface area contributed by atoms with Gasteiger partial charge in [-0.25, -0.2) is 4.79 Å². The second-order valence-electron chi connectivity index (χ2n) is 4.62. The van der Waals surface area contributed by atoms with Crippen LogP contribution in [0.15, 0.2) is 15.6 Å². The van der Waals surface area contributed by atoms with Gasteiger partial charge >= 0.3 is 5.97 Å². The molecule has 2 rings (SSSR count). The van der Waals surface area contributed by atoms with Crippen LogP contribution in [0.3, 0.4) is 0 Å². The van der Waals surface area contributed by atoms with Crippen LogP contribution < -0.4 is 0 Å². The maximum Gasteiger partial charge on any atom is 0.353 e. The van der Waals surface area contributed by atoms with Gasteiger partial charge in [0.1, 0.15) is 5.70 Å². The first-order valence-electron chi connectivity index (χ1n) is 6.02. The lowest BCUT2D eigenvalue weighted by Gasteiger charge is -2.44. The molecule has 2 heterocycles. The maximum absolute atomic E-state index is 11.9. The first-order valence-corrected chi connectivity index (χ1v) is 7.00. The molecule has 0 saturated carbocycles. The molecule has 3 atom stereocenters. The molecule has 0 spiro atoms. The average molecular weight is 284 g/mol. The Morgan fingerprint density at radius 2 is 2.37 bits per heavy atom. The van der Waals surface area contributed by atoms with Crippen molar-refractivity contribution in [2.45, 2.75) is 25.5 Å². The number of aliphatic hydroxyl groups is 1. The molecule has 1 saturated heterocycles. The van der Waals surface area contributed by atoms with Gasteiger partial charge in [-0.15, -0.1) is 11.8 Å². The molecular weight excluding hydrogens is 268 g/mol. The molecule has 2 aliphatic heterocycles. The molecular formula is C12H16N2O4S. The minimum atomic E-state index is -1.09. The Morgan fingerprint density at radius 3 is 2.89 bits per heavy atom. The fourth-order valence-corrected chi connectivity index (χ4v) is 3.67. The van der Waals surface area contributed by atoms with Crippen LogP contribution in [0.4, 0.5) is 0 Å². The number of aliphatic imine (C=N–C) groups is 1. The monoisotopic (exact) mass is 284 g/mol. The third kappa shape index (κ3) is 2.28. The number of hydrogen-bond acceptors (Lipinski definition) is 5. The number of rotatable bonds is 6. The highest BCUT2D eigenvalue weighted by Crippen LogP contribution is 2.46. The first-order chi connectivity index (χ1) is 8.99. The predicted molar refractivity (Wildman–Crippen MR) is 72.0 cm³/mol. The van der Waals surface area contributed by atoms with E-state index in [0.29, 0.717) is 23.6 Å². The zero-order valence-corrected chi connectivity index (χ0v) is 11.4. The highest BCUT2D eigenvalue weighted by Gasteiger charge is 2.56. The van der Waals surface area contributed by atoms with E-state index in [1.165, 1.54) is 16.7 Å². The molecule has 0 aliphatic carbocycles. The Kier molecular flexibility index (Phi) is 3.96. The van der Waals surface area contributed by atoms with E-state index < -0.39 is 18.0 Å². The highest BCUT2D eigenvalue weighted by molar-refractivity contribution is 8.03.